The van der Waals surface area contributed by atoms with Crippen molar-refractivity contribution in [1.82, 2.24) is 19.5 Å². The van der Waals surface area contributed by atoms with Gasteiger partial charge in [-0.2, -0.15) is 0 Å². The van der Waals surface area contributed by atoms with Crippen LogP contribution in [0.5, 0.6) is 0 Å². The molecule has 6 nitrogen and oxygen atoms in total. The Morgan fingerprint density at radius 3 is 2.67 bits per heavy atom. The van der Waals surface area contributed by atoms with Crippen molar-refractivity contribution in [2.45, 2.75) is 11.8 Å². The Labute approximate surface area is 127 Å². The van der Waals surface area contributed by atoms with Crippen LogP contribution in [0.25, 0.3) is 0 Å². The van der Waals surface area contributed by atoms with Gasteiger partial charge in [0.25, 0.3) is 0 Å². The highest BCUT2D eigenvalue weighted by Gasteiger charge is 2.18. The van der Waals surface area contributed by atoms with Crippen molar-refractivity contribution in [2.75, 3.05) is 46.3 Å². The standard InChI is InChI=1S/C14H24N4O2S/c1-13(12-18-8-6-17(2)7-9-18)10-16-21(19,20)14-4-3-5-15-11-14/h3-5,11,13,16H,6-10,12H2,1-2H3. The van der Waals surface area contributed by atoms with E-state index in [1.807, 2.05) is 0 Å². The molecule has 1 unspecified atom stereocenters. The lowest BCUT2D eigenvalue weighted by molar-refractivity contribution is 0.139. The van der Waals surface area contributed by atoms with Crippen LogP contribution in [-0.2, 0) is 10.0 Å². The van der Waals surface area contributed by atoms with Crippen LogP contribution in [0.1, 0.15) is 6.92 Å². The van der Waals surface area contributed by atoms with Gasteiger partial charge in [0, 0.05) is 51.7 Å². The van der Waals surface area contributed by atoms with Gasteiger partial charge in [0.15, 0.2) is 0 Å². The number of nitrogens with zero attached hydrogens (tertiary/aromatic N) is 3. The summed E-state index contributed by atoms with van der Waals surface area (Å²) >= 11 is 0. The van der Waals surface area contributed by atoms with Crippen LogP contribution in [-0.4, -0.2) is 69.5 Å². The molecule has 21 heavy (non-hydrogen) atoms. The third-order valence-corrected chi connectivity index (χ3v) is 5.14. The van der Waals surface area contributed by atoms with Gasteiger partial charge in [-0.1, -0.05) is 6.92 Å². The SMILES string of the molecule is CC(CNS(=O)(=O)c1cccnc1)CN1CCN(C)CC1. The van der Waals surface area contributed by atoms with E-state index in [4.69, 9.17) is 0 Å². The van der Waals surface area contributed by atoms with Gasteiger partial charge in [-0.05, 0) is 25.1 Å². The highest BCUT2D eigenvalue weighted by Crippen LogP contribution is 2.08. The summed E-state index contributed by atoms with van der Waals surface area (Å²) in [6, 6.07) is 3.18. The predicted molar refractivity (Wildman–Crippen MR) is 82.5 cm³/mol. The average Bonchev–Trinajstić information content (AvgIpc) is 2.49. The number of hydrogen-bond donors (Lipinski definition) is 1. The molecular formula is C14H24N4O2S. The van der Waals surface area contributed by atoms with Crippen molar-refractivity contribution in [3.05, 3.63) is 24.5 Å². The van der Waals surface area contributed by atoms with Gasteiger partial charge in [-0.25, -0.2) is 13.1 Å². The average molecular weight is 312 g/mol. The summed E-state index contributed by atoms with van der Waals surface area (Å²) in [6.07, 6.45) is 2.93. The lowest BCUT2D eigenvalue weighted by atomic mass is 10.1. The van der Waals surface area contributed by atoms with Gasteiger partial charge in [0.1, 0.15) is 4.90 Å². The number of aromatic nitrogens is 1. The lowest BCUT2D eigenvalue weighted by Gasteiger charge is -2.33. The van der Waals surface area contributed by atoms with E-state index < -0.39 is 10.0 Å². The third-order valence-electron chi connectivity index (χ3n) is 3.73. The topological polar surface area (TPSA) is 65.5 Å². The Morgan fingerprint density at radius 1 is 1.33 bits per heavy atom. The second-order valence-electron chi connectivity index (χ2n) is 5.75. The fraction of sp³-hybridized carbons (Fsp3) is 0.643. The molecule has 2 rings (SSSR count). The summed E-state index contributed by atoms with van der Waals surface area (Å²) in [6.45, 7) is 7.70. The number of nitrogens with one attached hydrogen (secondary N) is 1. The van der Waals surface area contributed by atoms with Crippen LogP contribution >= 0.6 is 0 Å². The fourth-order valence-electron chi connectivity index (χ4n) is 2.38. The Kier molecular flexibility index (Phi) is 5.69. The summed E-state index contributed by atoms with van der Waals surface area (Å²) in [5.74, 6) is 0.278. The molecule has 0 radical (unpaired) electrons. The monoisotopic (exact) mass is 312 g/mol. The zero-order chi connectivity index (χ0) is 15.3. The second-order valence-corrected chi connectivity index (χ2v) is 7.52. The molecule has 2 heterocycles. The highest BCUT2D eigenvalue weighted by atomic mass is 32.2. The molecule has 1 fully saturated rings. The minimum atomic E-state index is -3.44. The van der Waals surface area contributed by atoms with E-state index >= 15 is 0 Å². The first-order chi connectivity index (χ1) is 9.97. The molecule has 1 aliphatic heterocycles. The van der Waals surface area contributed by atoms with Crippen LogP contribution < -0.4 is 4.72 Å². The summed E-state index contributed by atoms with van der Waals surface area (Å²) in [5, 5.41) is 0. The van der Waals surface area contributed by atoms with Crippen molar-refractivity contribution in [3.63, 3.8) is 0 Å². The van der Waals surface area contributed by atoms with E-state index in [1.165, 1.54) is 6.20 Å². The maximum Gasteiger partial charge on any atom is 0.242 e. The van der Waals surface area contributed by atoms with E-state index in [1.54, 1.807) is 18.3 Å². The van der Waals surface area contributed by atoms with E-state index in [0.717, 1.165) is 32.7 Å². The summed E-state index contributed by atoms with van der Waals surface area (Å²) in [4.78, 5) is 8.77. The van der Waals surface area contributed by atoms with Crippen molar-refractivity contribution in [2.24, 2.45) is 5.92 Å². The van der Waals surface area contributed by atoms with Crippen LogP contribution in [0.3, 0.4) is 0 Å². The normalized spacial score (nSPS) is 19.5. The first-order valence-electron chi connectivity index (χ1n) is 7.28. The summed E-state index contributed by atoms with van der Waals surface area (Å²) in [7, 11) is -1.32. The molecule has 1 N–H and O–H groups in total. The molecular weight excluding hydrogens is 288 g/mol. The van der Waals surface area contributed by atoms with Gasteiger partial charge in [0.2, 0.25) is 10.0 Å². The third kappa shape index (κ3) is 5.03. The van der Waals surface area contributed by atoms with Crippen LogP contribution in [0.15, 0.2) is 29.4 Å². The Morgan fingerprint density at radius 2 is 2.05 bits per heavy atom. The number of hydrogen-bond acceptors (Lipinski definition) is 5. The van der Waals surface area contributed by atoms with E-state index in [2.05, 4.69) is 33.5 Å². The summed E-state index contributed by atoms with van der Waals surface area (Å²) < 4.78 is 26.9. The smallest absolute Gasteiger partial charge is 0.242 e. The molecule has 1 aromatic heterocycles. The first kappa shape index (κ1) is 16.4. The molecule has 1 aromatic rings. The summed E-state index contributed by atoms with van der Waals surface area (Å²) in [5.41, 5.74) is 0. The van der Waals surface area contributed by atoms with Gasteiger partial charge < -0.3 is 9.80 Å². The van der Waals surface area contributed by atoms with Crippen molar-refractivity contribution in [1.29, 1.82) is 0 Å². The van der Waals surface area contributed by atoms with Gasteiger partial charge in [-0.3, -0.25) is 4.98 Å². The lowest BCUT2D eigenvalue weighted by Crippen LogP contribution is -2.46. The Bertz CT molecular complexity index is 527. The van der Waals surface area contributed by atoms with E-state index in [-0.39, 0.29) is 10.8 Å². The maximum absolute atomic E-state index is 12.1. The van der Waals surface area contributed by atoms with Gasteiger partial charge in [-0.15, -0.1) is 0 Å². The fourth-order valence-corrected chi connectivity index (χ4v) is 3.51. The van der Waals surface area contributed by atoms with Crippen molar-refractivity contribution < 1.29 is 8.42 Å². The van der Waals surface area contributed by atoms with Gasteiger partial charge >= 0.3 is 0 Å². The molecule has 0 saturated carbocycles. The number of likely N-dealkylation sites (N-methyl/N-ethyl adjacent to an activating group) is 1. The first-order valence-corrected chi connectivity index (χ1v) is 8.76. The number of pyridine rings is 1. The number of piperazine rings is 1. The molecule has 1 atom stereocenters. The zero-order valence-electron chi connectivity index (χ0n) is 12.7. The minimum Gasteiger partial charge on any atom is -0.304 e. The van der Waals surface area contributed by atoms with Crippen molar-refractivity contribution >= 4 is 10.0 Å². The molecule has 0 aromatic carbocycles. The molecule has 1 saturated heterocycles. The van der Waals surface area contributed by atoms with Gasteiger partial charge in [0.05, 0.1) is 0 Å². The Balaban J connectivity index is 1.80. The highest BCUT2D eigenvalue weighted by molar-refractivity contribution is 7.89. The van der Waals surface area contributed by atoms with Crippen molar-refractivity contribution in [3.8, 4) is 0 Å². The quantitative estimate of drug-likeness (QED) is 0.815. The maximum atomic E-state index is 12.1. The van der Waals surface area contributed by atoms with Crippen LogP contribution in [0, 0.1) is 5.92 Å². The molecule has 0 amide bonds. The number of rotatable bonds is 6. The molecule has 118 valence electrons. The minimum absolute atomic E-state index is 0.219. The Hall–Kier alpha value is -1.02. The molecule has 1 aliphatic rings. The van der Waals surface area contributed by atoms with Crippen LogP contribution in [0.4, 0.5) is 0 Å². The number of sulfonamides is 1. The molecule has 0 spiro atoms. The molecule has 7 heteroatoms. The van der Waals surface area contributed by atoms with E-state index in [9.17, 15) is 8.42 Å². The largest absolute Gasteiger partial charge is 0.304 e. The van der Waals surface area contributed by atoms with Crippen LogP contribution in [0.2, 0.25) is 0 Å². The molecule has 0 bridgehead atoms. The second kappa shape index (κ2) is 7.31. The van der Waals surface area contributed by atoms with E-state index in [0.29, 0.717) is 6.54 Å². The predicted octanol–water partition coefficient (Wildman–Crippen LogP) is 0.243. The zero-order valence-corrected chi connectivity index (χ0v) is 13.5. The molecule has 0 aliphatic carbocycles.